The summed E-state index contributed by atoms with van der Waals surface area (Å²) in [6.07, 6.45) is 6.38. The van der Waals surface area contributed by atoms with Crippen molar-refractivity contribution in [3.8, 4) is 0 Å². The van der Waals surface area contributed by atoms with Crippen LogP contribution in [0.5, 0.6) is 0 Å². The molecule has 0 spiro atoms. The zero-order chi connectivity index (χ0) is 18.3. The Hall–Kier alpha value is -2.18. The molecule has 2 aromatic heterocycles. The van der Waals surface area contributed by atoms with Crippen LogP contribution in [0, 0.1) is 0 Å². The van der Waals surface area contributed by atoms with Gasteiger partial charge in [0.15, 0.2) is 0 Å². The van der Waals surface area contributed by atoms with Crippen LogP contribution in [0.3, 0.4) is 0 Å². The molecule has 2 aliphatic rings. The van der Waals surface area contributed by atoms with Crippen molar-refractivity contribution in [2.24, 2.45) is 0 Å². The highest BCUT2D eigenvalue weighted by Gasteiger charge is 2.35. The van der Waals surface area contributed by atoms with Crippen LogP contribution in [0.2, 0.25) is 0 Å². The van der Waals surface area contributed by atoms with Gasteiger partial charge in [-0.15, -0.1) is 10.2 Å². The zero-order valence-corrected chi connectivity index (χ0v) is 15.8. The predicted molar refractivity (Wildman–Crippen MR) is 95.8 cm³/mol. The minimum Gasteiger partial charge on any atom is -0.423 e. The van der Waals surface area contributed by atoms with Gasteiger partial charge >= 0.3 is 0 Å². The normalized spacial score (nSPS) is 21.7. The van der Waals surface area contributed by atoms with Crippen molar-refractivity contribution >= 4 is 5.91 Å². The summed E-state index contributed by atoms with van der Waals surface area (Å²) in [4.78, 5) is 14.9. The van der Waals surface area contributed by atoms with Gasteiger partial charge in [0.25, 0.3) is 5.91 Å². The largest absolute Gasteiger partial charge is 0.423 e. The molecule has 0 bridgehead atoms. The van der Waals surface area contributed by atoms with Gasteiger partial charge in [0.05, 0.1) is 0 Å². The minimum atomic E-state index is -0.146. The fraction of sp³-hybridized carbons (Fsp3) is 0.684. The summed E-state index contributed by atoms with van der Waals surface area (Å²) in [7, 11) is 0. The third-order valence-electron chi connectivity index (χ3n) is 5.56. The second-order valence-electron chi connectivity index (χ2n) is 8.53. The summed E-state index contributed by atoms with van der Waals surface area (Å²) < 4.78 is 5.96. The summed E-state index contributed by atoms with van der Waals surface area (Å²) >= 11 is 0. The van der Waals surface area contributed by atoms with Gasteiger partial charge in [-0.3, -0.25) is 9.89 Å². The molecule has 1 aliphatic carbocycles. The number of nitrogens with one attached hydrogen (secondary N) is 1. The molecule has 140 valence electrons. The summed E-state index contributed by atoms with van der Waals surface area (Å²) in [6.45, 7) is 6.99. The van der Waals surface area contributed by atoms with Gasteiger partial charge in [0.2, 0.25) is 11.8 Å². The maximum atomic E-state index is 13.1. The Morgan fingerprint density at radius 2 is 1.92 bits per heavy atom. The molecule has 3 heterocycles. The molecule has 7 heteroatoms. The van der Waals surface area contributed by atoms with Gasteiger partial charge in [-0.25, -0.2) is 0 Å². The lowest BCUT2D eigenvalue weighted by Crippen LogP contribution is -2.38. The number of H-pyrrole nitrogens is 1. The van der Waals surface area contributed by atoms with E-state index in [1.54, 1.807) is 0 Å². The predicted octanol–water partition coefficient (Wildman–Crippen LogP) is 3.73. The molecule has 0 unspecified atom stereocenters. The Labute approximate surface area is 153 Å². The first kappa shape index (κ1) is 17.2. The molecule has 1 N–H and O–H groups in total. The smallest absolute Gasteiger partial charge is 0.275 e. The van der Waals surface area contributed by atoms with Gasteiger partial charge in [0.1, 0.15) is 11.7 Å². The number of nitrogens with zero attached hydrogens (tertiary/aromatic N) is 4. The van der Waals surface area contributed by atoms with Crippen LogP contribution in [-0.2, 0) is 5.41 Å². The van der Waals surface area contributed by atoms with Crippen molar-refractivity contribution in [1.29, 1.82) is 0 Å². The van der Waals surface area contributed by atoms with Crippen molar-refractivity contribution in [1.82, 2.24) is 25.3 Å². The number of hydrogen-bond donors (Lipinski definition) is 1. The van der Waals surface area contributed by atoms with E-state index in [0.29, 0.717) is 24.0 Å². The molecule has 4 rings (SSSR count). The summed E-state index contributed by atoms with van der Waals surface area (Å²) in [5, 5.41) is 15.8. The number of hydrogen-bond acceptors (Lipinski definition) is 5. The average molecular weight is 357 g/mol. The van der Waals surface area contributed by atoms with E-state index in [-0.39, 0.29) is 17.4 Å². The molecule has 1 atom stereocenters. The number of rotatable bonds is 3. The van der Waals surface area contributed by atoms with E-state index in [1.165, 1.54) is 6.42 Å². The molecule has 7 nitrogen and oxygen atoms in total. The van der Waals surface area contributed by atoms with Gasteiger partial charge in [-0.2, -0.15) is 5.10 Å². The van der Waals surface area contributed by atoms with Crippen LogP contribution in [-0.4, -0.2) is 37.7 Å². The highest BCUT2D eigenvalue weighted by molar-refractivity contribution is 5.92. The number of piperidine rings is 1. The lowest BCUT2D eigenvalue weighted by Gasteiger charge is -2.33. The van der Waals surface area contributed by atoms with Crippen molar-refractivity contribution in [3.63, 3.8) is 0 Å². The third-order valence-corrected chi connectivity index (χ3v) is 5.56. The van der Waals surface area contributed by atoms with Crippen LogP contribution < -0.4 is 0 Å². The van der Waals surface area contributed by atoms with Crippen molar-refractivity contribution < 1.29 is 9.21 Å². The molecule has 1 saturated heterocycles. The fourth-order valence-corrected chi connectivity index (χ4v) is 3.60. The van der Waals surface area contributed by atoms with Crippen LogP contribution in [0.25, 0.3) is 0 Å². The van der Waals surface area contributed by atoms with E-state index in [2.05, 4.69) is 41.2 Å². The lowest BCUT2D eigenvalue weighted by atomic mass is 9.85. The van der Waals surface area contributed by atoms with Crippen molar-refractivity contribution in [2.45, 2.75) is 76.7 Å². The quantitative estimate of drug-likeness (QED) is 0.904. The molecular formula is C19H27N5O2. The first-order chi connectivity index (χ1) is 12.4. The maximum Gasteiger partial charge on any atom is 0.275 e. The van der Waals surface area contributed by atoms with Crippen LogP contribution >= 0.6 is 0 Å². The van der Waals surface area contributed by atoms with E-state index in [0.717, 1.165) is 43.7 Å². The number of aromatic amines is 1. The fourth-order valence-electron chi connectivity index (χ4n) is 3.60. The maximum absolute atomic E-state index is 13.1. The highest BCUT2D eigenvalue weighted by atomic mass is 16.4. The van der Waals surface area contributed by atoms with E-state index >= 15 is 0 Å². The van der Waals surface area contributed by atoms with Gasteiger partial charge in [-0.05, 0) is 38.2 Å². The summed E-state index contributed by atoms with van der Waals surface area (Å²) in [5.41, 5.74) is 1.34. The average Bonchev–Trinajstić information content (AvgIpc) is 3.22. The van der Waals surface area contributed by atoms with E-state index < -0.39 is 0 Å². The molecular weight excluding hydrogens is 330 g/mol. The number of amides is 1. The van der Waals surface area contributed by atoms with E-state index in [4.69, 9.17) is 4.42 Å². The van der Waals surface area contributed by atoms with Crippen molar-refractivity contribution in [3.05, 3.63) is 29.2 Å². The Kier molecular flexibility index (Phi) is 4.32. The Bertz CT molecular complexity index is 784. The highest BCUT2D eigenvalue weighted by Crippen LogP contribution is 2.38. The number of aromatic nitrogens is 4. The molecule has 0 radical (unpaired) electrons. The Morgan fingerprint density at radius 1 is 1.15 bits per heavy atom. The zero-order valence-electron chi connectivity index (χ0n) is 15.8. The summed E-state index contributed by atoms with van der Waals surface area (Å²) in [6, 6.07) is 1.72. The monoisotopic (exact) mass is 357 g/mol. The minimum absolute atomic E-state index is 0.0650. The second kappa shape index (κ2) is 6.52. The summed E-state index contributed by atoms with van der Waals surface area (Å²) in [5.74, 6) is 1.65. The number of carbonyl (C=O) groups is 1. The van der Waals surface area contributed by atoms with Crippen LogP contribution in [0.15, 0.2) is 10.5 Å². The molecule has 1 amide bonds. The molecule has 2 aromatic rings. The molecule has 26 heavy (non-hydrogen) atoms. The lowest BCUT2D eigenvalue weighted by molar-refractivity contribution is 0.0562. The standard InChI is InChI=1S/C19H27N5O2/c1-19(2,3)15-11-13(20-21-15)18(25)24-10-5-4-9-14(24)17-23-22-16(26-17)12-7-6-8-12/h11-12,14H,4-10H2,1-3H3,(H,20,21)/t14-/m0/s1. The first-order valence-electron chi connectivity index (χ1n) is 9.63. The Balaban J connectivity index is 1.56. The van der Waals surface area contributed by atoms with E-state index in [1.807, 2.05) is 11.0 Å². The first-order valence-corrected chi connectivity index (χ1v) is 9.63. The van der Waals surface area contributed by atoms with Crippen LogP contribution in [0.1, 0.15) is 99.2 Å². The van der Waals surface area contributed by atoms with Crippen molar-refractivity contribution in [2.75, 3.05) is 6.54 Å². The molecule has 1 saturated carbocycles. The van der Waals surface area contributed by atoms with Gasteiger partial charge in [0, 0.05) is 23.6 Å². The Morgan fingerprint density at radius 3 is 2.58 bits per heavy atom. The SMILES string of the molecule is CC(C)(C)c1cc(C(=O)N2CCCC[C@H]2c2nnc(C3CCC3)o2)n[nH]1. The third kappa shape index (κ3) is 3.15. The molecule has 0 aromatic carbocycles. The number of carbonyl (C=O) groups excluding carboxylic acids is 1. The van der Waals surface area contributed by atoms with E-state index in [9.17, 15) is 4.79 Å². The number of likely N-dealkylation sites (tertiary alicyclic amines) is 1. The molecule has 2 fully saturated rings. The second-order valence-corrected chi connectivity index (χ2v) is 8.53. The van der Waals surface area contributed by atoms with Crippen LogP contribution in [0.4, 0.5) is 0 Å². The van der Waals surface area contributed by atoms with Gasteiger partial charge in [-0.1, -0.05) is 27.2 Å². The topological polar surface area (TPSA) is 87.9 Å². The van der Waals surface area contributed by atoms with Gasteiger partial charge < -0.3 is 9.32 Å². The molecule has 1 aliphatic heterocycles.